The first-order valence-corrected chi connectivity index (χ1v) is 7.60. The van der Waals surface area contributed by atoms with Crippen LogP contribution in [0.3, 0.4) is 0 Å². The van der Waals surface area contributed by atoms with Crippen LogP contribution in [-0.2, 0) is 4.79 Å². The highest BCUT2D eigenvalue weighted by atomic mass is 16.5. The third kappa shape index (κ3) is 6.20. The minimum absolute atomic E-state index is 0.400. The van der Waals surface area contributed by atoms with Gasteiger partial charge in [0, 0.05) is 6.08 Å². The fourth-order valence-corrected chi connectivity index (χ4v) is 1.77. The molecule has 0 bridgehead atoms. The molecule has 1 rings (SSSR count). The molecule has 1 aromatic carbocycles. The van der Waals surface area contributed by atoms with Crippen molar-refractivity contribution in [2.75, 3.05) is 13.2 Å². The normalized spacial score (nSPS) is 11.9. The van der Waals surface area contributed by atoms with Gasteiger partial charge >= 0.3 is 5.97 Å². The standard InChI is InChI=1S/C18H26O4/c1-12(2)10-21-16-7-6-15(14(5)8-18(19)20)9-17(16)22-11-13(3)4/h6-9,12-13H,10-11H2,1-5H3,(H,19,20)/b14-8+. The van der Waals surface area contributed by atoms with Crippen LogP contribution in [0.1, 0.15) is 40.2 Å². The van der Waals surface area contributed by atoms with Gasteiger partial charge in [-0.05, 0) is 42.0 Å². The third-order valence-corrected chi connectivity index (χ3v) is 2.88. The molecule has 0 aliphatic heterocycles. The van der Waals surface area contributed by atoms with Crippen molar-refractivity contribution in [2.24, 2.45) is 11.8 Å². The predicted octanol–water partition coefficient (Wildman–Crippen LogP) is 4.24. The summed E-state index contributed by atoms with van der Waals surface area (Å²) < 4.78 is 11.6. The Hall–Kier alpha value is -1.97. The van der Waals surface area contributed by atoms with Gasteiger partial charge < -0.3 is 14.6 Å². The van der Waals surface area contributed by atoms with Crippen LogP contribution in [0, 0.1) is 11.8 Å². The number of hydrogen-bond donors (Lipinski definition) is 1. The Kier molecular flexibility index (Phi) is 6.96. The molecule has 0 radical (unpaired) electrons. The van der Waals surface area contributed by atoms with Gasteiger partial charge in [-0.25, -0.2) is 4.79 Å². The maximum Gasteiger partial charge on any atom is 0.328 e. The summed E-state index contributed by atoms with van der Waals surface area (Å²) in [5, 5.41) is 8.86. The fraction of sp³-hybridized carbons (Fsp3) is 0.500. The Morgan fingerprint density at radius 1 is 1.09 bits per heavy atom. The molecule has 0 saturated heterocycles. The molecule has 22 heavy (non-hydrogen) atoms. The lowest BCUT2D eigenvalue weighted by molar-refractivity contribution is -0.131. The number of rotatable bonds is 8. The summed E-state index contributed by atoms with van der Waals surface area (Å²) in [6.45, 7) is 11.3. The Bertz CT molecular complexity index is 530. The Labute approximate surface area is 132 Å². The Morgan fingerprint density at radius 3 is 2.14 bits per heavy atom. The van der Waals surface area contributed by atoms with Crippen LogP contribution in [0.4, 0.5) is 0 Å². The second kappa shape index (κ2) is 8.47. The monoisotopic (exact) mass is 306 g/mol. The van der Waals surface area contributed by atoms with Gasteiger partial charge in [0.05, 0.1) is 13.2 Å². The molecule has 1 N–H and O–H groups in total. The molecule has 1 aromatic rings. The minimum atomic E-state index is -0.956. The molecule has 0 spiro atoms. The topological polar surface area (TPSA) is 55.8 Å². The first kappa shape index (κ1) is 18.1. The molecular weight excluding hydrogens is 280 g/mol. The van der Waals surface area contributed by atoms with Crippen molar-refractivity contribution >= 4 is 11.5 Å². The van der Waals surface area contributed by atoms with Crippen molar-refractivity contribution in [3.63, 3.8) is 0 Å². The lowest BCUT2D eigenvalue weighted by Crippen LogP contribution is -2.09. The smallest absolute Gasteiger partial charge is 0.328 e. The summed E-state index contributed by atoms with van der Waals surface area (Å²) in [5.41, 5.74) is 1.50. The number of benzene rings is 1. The lowest BCUT2D eigenvalue weighted by atomic mass is 10.1. The number of carboxylic acid groups (broad SMARTS) is 1. The summed E-state index contributed by atoms with van der Waals surface area (Å²) in [4.78, 5) is 10.8. The largest absolute Gasteiger partial charge is 0.489 e. The molecule has 0 saturated carbocycles. The molecule has 0 unspecified atom stereocenters. The molecule has 0 fully saturated rings. The SMILES string of the molecule is C/C(=C\C(=O)O)c1ccc(OCC(C)C)c(OCC(C)C)c1. The Morgan fingerprint density at radius 2 is 1.64 bits per heavy atom. The van der Waals surface area contributed by atoms with Gasteiger partial charge in [0.25, 0.3) is 0 Å². The average Bonchev–Trinajstić information content (AvgIpc) is 2.42. The molecule has 4 nitrogen and oxygen atoms in total. The highest BCUT2D eigenvalue weighted by Crippen LogP contribution is 2.31. The van der Waals surface area contributed by atoms with Crippen LogP contribution in [0.15, 0.2) is 24.3 Å². The van der Waals surface area contributed by atoms with E-state index in [4.69, 9.17) is 14.6 Å². The van der Waals surface area contributed by atoms with Gasteiger partial charge in [-0.2, -0.15) is 0 Å². The van der Waals surface area contributed by atoms with E-state index in [1.54, 1.807) is 6.92 Å². The van der Waals surface area contributed by atoms with Crippen molar-refractivity contribution in [1.82, 2.24) is 0 Å². The zero-order valence-corrected chi connectivity index (χ0v) is 14.1. The quantitative estimate of drug-likeness (QED) is 0.730. The minimum Gasteiger partial charge on any atom is -0.489 e. The van der Waals surface area contributed by atoms with Crippen LogP contribution in [0.5, 0.6) is 11.5 Å². The van der Waals surface area contributed by atoms with Crippen LogP contribution in [0.2, 0.25) is 0 Å². The molecule has 0 aliphatic rings. The van der Waals surface area contributed by atoms with Crippen molar-refractivity contribution in [3.05, 3.63) is 29.8 Å². The number of carboxylic acids is 1. The van der Waals surface area contributed by atoms with Crippen LogP contribution < -0.4 is 9.47 Å². The second-order valence-electron chi connectivity index (χ2n) is 6.24. The van der Waals surface area contributed by atoms with Crippen LogP contribution in [-0.4, -0.2) is 24.3 Å². The first-order valence-electron chi connectivity index (χ1n) is 7.60. The fourth-order valence-electron chi connectivity index (χ4n) is 1.77. The predicted molar refractivity (Wildman–Crippen MR) is 88.4 cm³/mol. The van der Waals surface area contributed by atoms with E-state index in [1.807, 2.05) is 18.2 Å². The number of carbonyl (C=O) groups is 1. The highest BCUT2D eigenvalue weighted by molar-refractivity contribution is 5.89. The van der Waals surface area contributed by atoms with E-state index in [1.165, 1.54) is 6.08 Å². The van der Waals surface area contributed by atoms with Gasteiger partial charge in [0.1, 0.15) is 0 Å². The second-order valence-corrected chi connectivity index (χ2v) is 6.24. The molecule has 0 aromatic heterocycles. The van der Waals surface area contributed by atoms with E-state index >= 15 is 0 Å². The zero-order valence-electron chi connectivity index (χ0n) is 14.1. The molecule has 0 atom stereocenters. The zero-order chi connectivity index (χ0) is 16.7. The van der Waals surface area contributed by atoms with E-state index in [-0.39, 0.29) is 0 Å². The number of hydrogen-bond acceptors (Lipinski definition) is 3. The van der Waals surface area contributed by atoms with Crippen LogP contribution in [0.25, 0.3) is 5.57 Å². The number of aliphatic carboxylic acids is 1. The molecule has 0 amide bonds. The van der Waals surface area contributed by atoms with Gasteiger partial charge in [-0.15, -0.1) is 0 Å². The van der Waals surface area contributed by atoms with E-state index in [2.05, 4.69) is 27.7 Å². The number of allylic oxidation sites excluding steroid dienone is 1. The van der Waals surface area contributed by atoms with Crippen molar-refractivity contribution in [2.45, 2.75) is 34.6 Å². The van der Waals surface area contributed by atoms with Gasteiger partial charge in [0.2, 0.25) is 0 Å². The van der Waals surface area contributed by atoms with Gasteiger partial charge in [0.15, 0.2) is 11.5 Å². The van der Waals surface area contributed by atoms with E-state index in [0.717, 1.165) is 5.56 Å². The summed E-state index contributed by atoms with van der Waals surface area (Å²) in [5.74, 6) is 1.22. The van der Waals surface area contributed by atoms with Crippen molar-refractivity contribution in [1.29, 1.82) is 0 Å². The average molecular weight is 306 g/mol. The van der Waals surface area contributed by atoms with Gasteiger partial charge in [-0.1, -0.05) is 33.8 Å². The lowest BCUT2D eigenvalue weighted by Gasteiger charge is -2.16. The molecule has 4 heteroatoms. The molecule has 122 valence electrons. The third-order valence-electron chi connectivity index (χ3n) is 2.88. The van der Waals surface area contributed by atoms with Crippen LogP contribution >= 0.6 is 0 Å². The molecule has 0 heterocycles. The van der Waals surface area contributed by atoms with E-state index in [0.29, 0.717) is 42.1 Å². The number of ether oxygens (including phenoxy) is 2. The summed E-state index contributed by atoms with van der Waals surface area (Å²) in [6.07, 6.45) is 1.19. The van der Waals surface area contributed by atoms with Gasteiger partial charge in [-0.3, -0.25) is 0 Å². The maximum atomic E-state index is 10.8. The summed E-state index contributed by atoms with van der Waals surface area (Å²) in [7, 11) is 0. The molecule has 0 aliphatic carbocycles. The maximum absolute atomic E-state index is 10.8. The first-order chi connectivity index (χ1) is 10.3. The summed E-state index contributed by atoms with van der Waals surface area (Å²) >= 11 is 0. The Balaban J connectivity index is 3.04. The van der Waals surface area contributed by atoms with Crippen molar-refractivity contribution in [3.8, 4) is 11.5 Å². The van der Waals surface area contributed by atoms with E-state index < -0.39 is 5.97 Å². The van der Waals surface area contributed by atoms with E-state index in [9.17, 15) is 4.79 Å². The summed E-state index contributed by atoms with van der Waals surface area (Å²) in [6, 6.07) is 5.53. The highest BCUT2D eigenvalue weighted by Gasteiger charge is 2.10. The molecular formula is C18H26O4. The van der Waals surface area contributed by atoms with Crippen molar-refractivity contribution < 1.29 is 19.4 Å².